The van der Waals surface area contributed by atoms with Gasteiger partial charge in [-0.05, 0) is 44.1 Å². The van der Waals surface area contributed by atoms with Crippen LogP contribution in [0.15, 0.2) is 0 Å². The molecule has 1 aliphatic heterocycles. The van der Waals surface area contributed by atoms with E-state index in [0.717, 1.165) is 18.5 Å². The number of hydrogen-bond donors (Lipinski definition) is 1. The standard InChI is InChI=1S/C14H27NO/c1-2-3-8-15-10-12(11-16)9-13-6-4-5-7-14(13)15/h12-14,16H,2-11H2,1H3/t12-,13+,14+/m0/s1. The smallest absolute Gasteiger partial charge is 0.0471 e. The molecule has 3 atom stereocenters. The molecular formula is C14H27NO. The summed E-state index contributed by atoms with van der Waals surface area (Å²) in [6.45, 7) is 5.07. The normalized spacial score (nSPS) is 36.0. The summed E-state index contributed by atoms with van der Waals surface area (Å²) in [5, 5.41) is 9.40. The van der Waals surface area contributed by atoms with E-state index in [1.165, 1.54) is 51.5 Å². The van der Waals surface area contributed by atoms with Gasteiger partial charge in [-0.15, -0.1) is 0 Å². The first-order chi connectivity index (χ1) is 7.85. The fourth-order valence-electron chi connectivity index (χ4n) is 3.66. The highest BCUT2D eigenvalue weighted by atomic mass is 16.3. The number of aliphatic hydroxyl groups is 1. The number of aliphatic hydroxyl groups excluding tert-OH is 1. The van der Waals surface area contributed by atoms with Crippen LogP contribution in [0.25, 0.3) is 0 Å². The van der Waals surface area contributed by atoms with Crippen molar-refractivity contribution < 1.29 is 5.11 Å². The van der Waals surface area contributed by atoms with Crippen LogP contribution in [-0.4, -0.2) is 35.7 Å². The molecule has 0 aromatic carbocycles. The summed E-state index contributed by atoms with van der Waals surface area (Å²) < 4.78 is 0. The average Bonchev–Trinajstić information content (AvgIpc) is 2.35. The number of likely N-dealkylation sites (tertiary alicyclic amines) is 1. The lowest BCUT2D eigenvalue weighted by Crippen LogP contribution is -2.50. The fourth-order valence-corrected chi connectivity index (χ4v) is 3.66. The Morgan fingerprint density at radius 2 is 2.06 bits per heavy atom. The number of piperidine rings is 1. The average molecular weight is 225 g/mol. The third-order valence-corrected chi connectivity index (χ3v) is 4.52. The molecule has 2 aliphatic rings. The van der Waals surface area contributed by atoms with Gasteiger partial charge in [-0.2, -0.15) is 0 Å². The van der Waals surface area contributed by atoms with Crippen molar-refractivity contribution in [2.24, 2.45) is 11.8 Å². The Hall–Kier alpha value is -0.0800. The first kappa shape index (κ1) is 12.4. The first-order valence-corrected chi connectivity index (χ1v) is 7.20. The van der Waals surface area contributed by atoms with Crippen molar-refractivity contribution in [2.75, 3.05) is 19.7 Å². The number of hydrogen-bond acceptors (Lipinski definition) is 2. The van der Waals surface area contributed by atoms with Crippen LogP contribution < -0.4 is 0 Å². The van der Waals surface area contributed by atoms with E-state index in [9.17, 15) is 5.11 Å². The van der Waals surface area contributed by atoms with Gasteiger partial charge in [-0.25, -0.2) is 0 Å². The maximum atomic E-state index is 9.40. The van der Waals surface area contributed by atoms with Gasteiger partial charge < -0.3 is 5.11 Å². The Bertz CT molecular complexity index is 207. The first-order valence-electron chi connectivity index (χ1n) is 7.20. The van der Waals surface area contributed by atoms with Crippen molar-refractivity contribution in [3.8, 4) is 0 Å². The van der Waals surface area contributed by atoms with Gasteiger partial charge in [0.2, 0.25) is 0 Å². The Labute approximate surface area is 100 Å². The molecule has 1 heterocycles. The second kappa shape index (κ2) is 6.02. The highest BCUT2D eigenvalue weighted by molar-refractivity contribution is 4.90. The van der Waals surface area contributed by atoms with E-state index in [4.69, 9.17) is 0 Å². The molecule has 0 spiro atoms. The highest BCUT2D eigenvalue weighted by Crippen LogP contribution is 2.37. The van der Waals surface area contributed by atoms with Gasteiger partial charge in [0.25, 0.3) is 0 Å². The summed E-state index contributed by atoms with van der Waals surface area (Å²) in [4.78, 5) is 2.69. The lowest BCUT2D eigenvalue weighted by Gasteiger charge is -2.47. The van der Waals surface area contributed by atoms with Crippen LogP contribution in [0.4, 0.5) is 0 Å². The molecule has 0 amide bonds. The van der Waals surface area contributed by atoms with Gasteiger partial charge in [0, 0.05) is 19.2 Å². The van der Waals surface area contributed by atoms with Crippen LogP contribution >= 0.6 is 0 Å². The maximum Gasteiger partial charge on any atom is 0.0471 e. The molecule has 16 heavy (non-hydrogen) atoms. The predicted octanol–water partition coefficient (Wildman–Crippen LogP) is 2.66. The molecule has 0 aromatic heterocycles. The molecule has 94 valence electrons. The molecule has 0 radical (unpaired) electrons. The lowest BCUT2D eigenvalue weighted by atomic mass is 9.75. The quantitative estimate of drug-likeness (QED) is 0.795. The molecule has 2 nitrogen and oxygen atoms in total. The molecule has 1 saturated carbocycles. The van der Waals surface area contributed by atoms with Crippen molar-refractivity contribution in [1.29, 1.82) is 0 Å². The van der Waals surface area contributed by atoms with E-state index in [-0.39, 0.29) is 0 Å². The van der Waals surface area contributed by atoms with Gasteiger partial charge >= 0.3 is 0 Å². The molecule has 1 N–H and O–H groups in total. The van der Waals surface area contributed by atoms with E-state index in [0.29, 0.717) is 12.5 Å². The van der Waals surface area contributed by atoms with Crippen molar-refractivity contribution in [2.45, 2.75) is 57.9 Å². The van der Waals surface area contributed by atoms with E-state index < -0.39 is 0 Å². The molecular weight excluding hydrogens is 198 g/mol. The highest BCUT2D eigenvalue weighted by Gasteiger charge is 2.36. The van der Waals surface area contributed by atoms with Crippen LogP contribution in [0.2, 0.25) is 0 Å². The largest absolute Gasteiger partial charge is 0.396 e. The molecule has 2 heteroatoms. The summed E-state index contributed by atoms with van der Waals surface area (Å²) in [5.74, 6) is 1.44. The van der Waals surface area contributed by atoms with Gasteiger partial charge in [-0.1, -0.05) is 26.2 Å². The monoisotopic (exact) mass is 225 g/mol. The Morgan fingerprint density at radius 1 is 1.25 bits per heavy atom. The van der Waals surface area contributed by atoms with Crippen LogP contribution in [0.3, 0.4) is 0 Å². The minimum Gasteiger partial charge on any atom is -0.396 e. The topological polar surface area (TPSA) is 23.5 Å². The number of nitrogens with zero attached hydrogens (tertiary/aromatic N) is 1. The Kier molecular flexibility index (Phi) is 4.66. The summed E-state index contributed by atoms with van der Waals surface area (Å²) in [5.41, 5.74) is 0. The number of rotatable bonds is 4. The minimum absolute atomic E-state index is 0.395. The summed E-state index contributed by atoms with van der Waals surface area (Å²) in [7, 11) is 0. The summed E-state index contributed by atoms with van der Waals surface area (Å²) in [6, 6.07) is 0.850. The van der Waals surface area contributed by atoms with E-state index >= 15 is 0 Å². The molecule has 0 bridgehead atoms. The zero-order valence-corrected chi connectivity index (χ0v) is 10.7. The van der Waals surface area contributed by atoms with Gasteiger partial charge in [0.05, 0.1) is 0 Å². The van der Waals surface area contributed by atoms with Crippen molar-refractivity contribution >= 4 is 0 Å². The summed E-state index contributed by atoms with van der Waals surface area (Å²) in [6.07, 6.45) is 9.55. The Balaban J connectivity index is 1.95. The molecule has 0 unspecified atom stereocenters. The molecule has 2 rings (SSSR count). The molecule has 2 fully saturated rings. The van der Waals surface area contributed by atoms with E-state index in [1.807, 2.05) is 0 Å². The second-order valence-electron chi connectivity index (χ2n) is 5.74. The zero-order valence-electron chi connectivity index (χ0n) is 10.7. The molecule has 0 aromatic rings. The van der Waals surface area contributed by atoms with Crippen LogP contribution in [0.1, 0.15) is 51.9 Å². The van der Waals surface area contributed by atoms with Gasteiger partial charge in [-0.3, -0.25) is 4.90 Å². The third kappa shape index (κ3) is 2.78. The molecule has 1 aliphatic carbocycles. The second-order valence-corrected chi connectivity index (χ2v) is 5.74. The van der Waals surface area contributed by atoms with Gasteiger partial charge in [0.15, 0.2) is 0 Å². The van der Waals surface area contributed by atoms with Crippen molar-refractivity contribution in [3.05, 3.63) is 0 Å². The van der Waals surface area contributed by atoms with Gasteiger partial charge in [0.1, 0.15) is 0 Å². The predicted molar refractivity (Wildman–Crippen MR) is 67.4 cm³/mol. The van der Waals surface area contributed by atoms with Crippen molar-refractivity contribution in [3.63, 3.8) is 0 Å². The third-order valence-electron chi connectivity index (χ3n) is 4.52. The van der Waals surface area contributed by atoms with E-state index in [2.05, 4.69) is 11.8 Å². The van der Waals surface area contributed by atoms with Crippen LogP contribution in [-0.2, 0) is 0 Å². The SMILES string of the molecule is CCCCN1C[C@@H](CO)C[C@H]2CCCC[C@H]21. The lowest BCUT2D eigenvalue weighted by molar-refractivity contribution is 0.00982. The molecule has 1 saturated heterocycles. The van der Waals surface area contributed by atoms with Crippen molar-refractivity contribution in [1.82, 2.24) is 4.90 Å². The van der Waals surface area contributed by atoms with Crippen LogP contribution in [0, 0.1) is 11.8 Å². The number of fused-ring (bicyclic) bond motifs is 1. The van der Waals surface area contributed by atoms with Crippen LogP contribution in [0.5, 0.6) is 0 Å². The zero-order chi connectivity index (χ0) is 11.4. The minimum atomic E-state index is 0.395. The summed E-state index contributed by atoms with van der Waals surface area (Å²) >= 11 is 0. The fraction of sp³-hybridized carbons (Fsp3) is 1.00. The number of unbranched alkanes of at least 4 members (excludes halogenated alkanes) is 1. The maximum absolute atomic E-state index is 9.40. The Morgan fingerprint density at radius 3 is 2.81 bits per heavy atom. The van der Waals surface area contributed by atoms with E-state index in [1.54, 1.807) is 0 Å².